The lowest BCUT2D eigenvalue weighted by Crippen LogP contribution is -2.28. The molecule has 21 heavy (non-hydrogen) atoms. The number of aliphatic hydroxyl groups is 2. The van der Waals surface area contributed by atoms with Gasteiger partial charge in [0, 0.05) is 18.3 Å². The predicted octanol–water partition coefficient (Wildman–Crippen LogP) is 2.43. The monoisotopic (exact) mass is 296 g/mol. The van der Waals surface area contributed by atoms with Crippen LogP contribution in [0.2, 0.25) is 0 Å². The molecule has 4 heteroatoms. The Morgan fingerprint density at radius 2 is 2.19 bits per heavy atom. The molecule has 120 valence electrons. The topological polar surface area (TPSA) is 66.8 Å². The first kappa shape index (κ1) is 16.5. The molecule has 1 heterocycles. The Balaban J connectivity index is 1.98. The second kappa shape index (κ2) is 6.49. The van der Waals surface area contributed by atoms with Crippen LogP contribution in [0, 0.1) is 17.3 Å². The van der Waals surface area contributed by atoms with Gasteiger partial charge in [-0.3, -0.25) is 4.79 Å². The molecule has 2 N–H and O–H groups in total. The lowest BCUT2D eigenvalue weighted by molar-refractivity contribution is -0.141. The van der Waals surface area contributed by atoms with E-state index in [1.807, 2.05) is 6.08 Å². The normalized spacial score (nSPS) is 34.2. The third-order valence-electron chi connectivity index (χ3n) is 5.07. The minimum absolute atomic E-state index is 0.0645. The molecule has 1 saturated heterocycles. The zero-order valence-corrected chi connectivity index (χ0v) is 13.3. The summed E-state index contributed by atoms with van der Waals surface area (Å²) in [5.74, 6) is -0.188. The summed E-state index contributed by atoms with van der Waals surface area (Å²) in [6.07, 6.45) is 6.62. The molecule has 2 fully saturated rings. The maximum absolute atomic E-state index is 11.3. The number of ether oxygens (including phenoxy) is 1. The maximum atomic E-state index is 11.3. The number of hydrogen-bond donors (Lipinski definition) is 2. The van der Waals surface area contributed by atoms with E-state index in [4.69, 9.17) is 4.74 Å². The van der Waals surface area contributed by atoms with E-state index < -0.39 is 12.2 Å². The maximum Gasteiger partial charge on any atom is 0.306 e. The van der Waals surface area contributed by atoms with Crippen molar-refractivity contribution < 1.29 is 19.7 Å². The third kappa shape index (κ3) is 3.67. The van der Waals surface area contributed by atoms with Crippen LogP contribution in [0.3, 0.4) is 0 Å². The number of carbonyl (C=O) groups excluding carboxylic acids is 1. The summed E-state index contributed by atoms with van der Waals surface area (Å²) in [5.41, 5.74) is -0.169. The Hall–Kier alpha value is -0.870. The molecule has 2 rings (SSSR count). The smallest absolute Gasteiger partial charge is 0.306 e. The highest BCUT2D eigenvalue weighted by molar-refractivity contribution is 5.72. The summed E-state index contributed by atoms with van der Waals surface area (Å²) < 4.78 is 5.22. The molecule has 0 amide bonds. The van der Waals surface area contributed by atoms with Gasteiger partial charge in [-0.05, 0) is 11.8 Å². The van der Waals surface area contributed by atoms with E-state index in [0.29, 0.717) is 12.8 Å². The van der Waals surface area contributed by atoms with E-state index in [-0.39, 0.29) is 29.3 Å². The summed E-state index contributed by atoms with van der Waals surface area (Å²) in [6, 6.07) is 0. The van der Waals surface area contributed by atoms with Crippen LogP contribution >= 0.6 is 0 Å². The highest BCUT2D eigenvalue weighted by atomic mass is 16.6. The van der Waals surface area contributed by atoms with E-state index >= 15 is 0 Å². The number of rotatable bonds is 6. The van der Waals surface area contributed by atoms with Gasteiger partial charge in [0.05, 0.1) is 18.6 Å². The lowest BCUT2D eigenvalue weighted by Gasteiger charge is -2.29. The Morgan fingerprint density at radius 1 is 1.48 bits per heavy atom. The van der Waals surface area contributed by atoms with Gasteiger partial charge in [0.2, 0.25) is 0 Å². The molecule has 0 aromatic carbocycles. The number of carbonyl (C=O) groups is 1. The molecule has 0 bridgehead atoms. The van der Waals surface area contributed by atoms with Gasteiger partial charge < -0.3 is 14.9 Å². The van der Waals surface area contributed by atoms with Crippen molar-refractivity contribution >= 4 is 5.97 Å². The molecule has 2 aliphatic rings. The van der Waals surface area contributed by atoms with Crippen molar-refractivity contribution in [3.05, 3.63) is 12.2 Å². The SMILES string of the molecule is CCCCC(C)(C)C(O)/C=C/C1C(O)CC2OC(=O)CC21. The number of esters is 1. The van der Waals surface area contributed by atoms with E-state index in [1.54, 1.807) is 6.08 Å². The fourth-order valence-corrected chi connectivity index (χ4v) is 3.46. The van der Waals surface area contributed by atoms with Gasteiger partial charge in [-0.1, -0.05) is 45.8 Å². The summed E-state index contributed by atoms with van der Waals surface area (Å²) >= 11 is 0. The van der Waals surface area contributed by atoms with Gasteiger partial charge in [0.25, 0.3) is 0 Å². The molecule has 1 saturated carbocycles. The number of unbranched alkanes of at least 4 members (excludes halogenated alkanes) is 1. The van der Waals surface area contributed by atoms with Crippen LogP contribution in [0.15, 0.2) is 12.2 Å². The lowest BCUT2D eigenvalue weighted by atomic mass is 9.80. The fraction of sp³-hybridized carbons (Fsp3) is 0.824. The molecule has 4 nitrogen and oxygen atoms in total. The molecule has 5 atom stereocenters. The minimum Gasteiger partial charge on any atom is -0.462 e. The van der Waals surface area contributed by atoms with Crippen LogP contribution in [-0.4, -0.2) is 34.5 Å². The van der Waals surface area contributed by atoms with Gasteiger partial charge in [-0.2, -0.15) is 0 Å². The second-order valence-electron chi connectivity index (χ2n) is 7.20. The average molecular weight is 296 g/mol. The summed E-state index contributed by atoms with van der Waals surface area (Å²) in [6.45, 7) is 6.27. The number of aliphatic hydroxyl groups excluding tert-OH is 2. The molecule has 1 aliphatic heterocycles. The highest BCUT2D eigenvalue weighted by Crippen LogP contribution is 2.42. The Bertz CT molecular complexity index is 402. The van der Waals surface area contributed by atoms with Crippen molar-refractivity contribution in [3.63, 3.8) is 0 Å². The van der Waals surface area contributed by atoms with E-state index in [0.717, 1.165) is 19.3 Å². The van der Waals surface area contributed by atoms with Gasteiger partial charge in [-0.25, -0.2) is 0 Å². The van der Waals surface area contributed by atoms with Crippen LogP contribution in [0.4, 0.5) is 0 Å². The van der Waals surface area contributed by atoms with Crippen molar-refractivity contribution in [2.75, 3.05) is 0 Å². The minimum atomic E-state index is -0.534. The molecular formula is C17H28O4. The molecule has 0 spiro atoms. The van der Waals surface area contributed by atoms with E-state index in [2.05, 4.69) is 20.8 Å². The van der Waals surface area contributed by atoms with Crippen LogP contribution in [-0.2, 0) is 9.53 Å². The van der Waals surface area contributed by atoms with Crippen molar-refractivity contribution in [2.45, 2.75) is 71.2 Å². The molecule has 5 unspecified atom stereocenters. The van der Waals surface area contributed by atoms with Gasteiger partial charge >= 0.3 is 5.97 Å². The van der Waals surface area contributed by atoms with Gasteiger partial charge in [-0.15, -0.1) is 0 Å². The van der Waals surface area contributed by atoms with Crippen LogP contribution in [0.5, 0.6) is 0 Å². The van der Waals surface area contributed by atoms with Gasteiger partial charge in [0.1, 0.15) is 6.10 Å². The van der Waals surface area contributed by atoms with Crippen LogP contribution in [0.25, 0.3) is 0 Å². The molecular weight excluding hydrogens is 268 g/mol. The van der Waals surface area contributed by atoms with Crippen LogP contribution in [0.1, 0.15) is 52.9 Å². The molecule has 0 radical (unpaired) electrons. The third-order valence-corrected chi connectivity index (χ3v) is 5.07. The van der Waals surface area contributed by atoms with Crippen molar-refractivity contribution in [3.8, 4) is 0 Å². The highest BCUT2D eigenvalue weighted by Gasteiger charge is 2.48. The first-order chi connectivity index (χ1) is 9.85. The molecule has 0 aromatic heterocycles. The summed E-state index contributed by atoms with van der Waals surface area (Å²) in [4.78, 5) is 11.3. The molecule has 0 aromatic rings. The molecule has 1 aliphatic carbocycles. The van der Waals surface area contributed by atoms with Crippen LogP contribution < -0.4 is 0 Å². The first-order valence-corrected chi connectivity index (χ1v) is 8.09. The van der Waals surface area contributed by atoms with Crippen molar-refractivity contribution in [1.29, 1.82) is 0 Å². The van der Waals surface area contributed by atoms with Crippen molar-refractivity contribution in [1.82, 2.24) is 0 Å². The van der Waals surface area contributed by atoms with E-state index in [1.165, 1.54) is 0 Å². The summed E-state index contributed by atoms with van der Waals surface area (Å²) in [5, 5.41) is 20.5. The first-order valence-electron chi connectivity index (χ1n) is 8.09. The van der Waals surface area contributed by atoms with Gasteiger partial charge in [0.15, 0.2) is 0 Å². The predicted molar refractivity (Wildman–Crippen MR) is 80.6 cm³/mol. The van der Waals surface area contributed by atoms with E-state index in [9.17, 15) is 15.0 Å². The summed E-state index contributed by atoms with van der Waals surface area (Å²) in [7, 11) is 0. The Morgan fingerprint density at radius 3 is 2.86 bits per heavy atom. The number of hydrogen-bond acceptors (Lipinski definition) is 4. The second-order valence-corrected chi connectivity index (χ2v) is 7.20. The standard InChI is InChI=1S/C17H28O4/c1-4-5-8-17(2,3)15(19)7-6-11-12-9-16(20)21-14(12)10-13(11)18/h6-7,11-15,18-19H,4-5,8-10H2,1-3H3/b7-6+. The zero-order valence-electron chi connectivity index (χ0n) is 13.3. The average Bonchev–Trinajstić information content (AvgIpc) is 2.89. The van der Waals surface area contributed by atoms with Crippen molar-refractivity contribution in [2.24, 2.45) is 17.3 Å². The Kier molecular flexibility index (Phi) is 5.10. The Labute approximate surface area is 127 Å². The zero-order chi connectivity index (χ0) is 15.6. The quantitative estimate of drug-likeness (QED) is 0.583. The fourth-order valence-electron chi connectivity index (χ4n) is 3.46. The largest absolute Gasteiger partial charge is 0.462 e. The number of fused-ring (bicyclic) bond motifs is 1.